The zero-order chi connectivity index (χ0) is 11.3. The lowest BCUT2D eigenvalue weighted by Crippen LogP contribution is -2.26. The molecule has 1 unspecified atom stereocenters. The largest absolute Gasteiger partial charge is 0.494 e. The lowest BCUT2D eigenvalue weighted by molar-refractivity contribution is 0.386. The van der Waals surface area contributed by atoms with Gasteiger partial charge in [0.1, 0.15) is 0 Å². The van der Waals surface area contributed by atoms with E-state index in [0.29, 0.717) is 12.4 Å². The van der Waals surface area contributed by atoms with E-state index in [1.54, 1.807) is 6.07 Å². The average molecular weight is 232 g/mol. The molecular weight excluding hydrogens is 217 g/mol. The highest BCUT2D eigenvalue weighted by Crippen LogP contribution is 2.17. The summed E-state index contributed by atoms with van der Waals surface area (Å²) in [6, 6.07) is 5.14. The van der Waals surface area contributed by atoms with Crippen LogP contribution in [0, 0.1) is 5.82 Å². The summed E-state index contributed by atoms with van der Waals surface area (Å²) in [5.74, 6) is 0.470. The number of hydrogen-bond acceptors (Lipinski definition) is 2. The summed E-state index contributed by atoms with van der Waals surface area (Å²) in [4.78, 5) is 0. The van der Waals surface area contributed by atoms with Crippen LogP contribution in [-0.4, -0.2) is 19.0 Å². The second-order valence-electron chi connectivity index (χ2n) is 3.41. The molecule has 0 aliphatic rings. The molecule has 1 aromatic carbocycles. The first-order chi connectivity index (χ1) is 7.17. The molecule has 0 fully saturated rings. The first kappa shape index (κ1) is 12.3. The Balaban J connectivity index is 2.59. The molecule has 0 radical (unpaired) electrons. The van der Waals surface area contributed by atoms with Gasteiger partial charge in [0, 0.05) is 18.5 Å². The van der Waals surface area contributed by atoms with Gasteiger partial charge in [0.05, 0.1) is 7.11 Å². The van der Waals surface area contributed by atoms with Crippen molar-refractivity contribution in [3.8, 4) is 5.75 Å². The Labute approximate surface area is 94.4 Å². The molecule has 1 N–H and O–H groups in total. The molecule has 0 aliphatic carbocycles. The molecule has 1 aromatic rings. The van der Waals surface area contributed by atoms with Crippen molar-refractivity contribution in [1.82, 2.24) is 5.32 Å². The second-order valence-corrected chi connectivity index (χ2v) is 3.71. The molecule has 0 heterocycles. The molecule has 0 aromatic heterocycles. The van der Waals surface area contributed by atoms with Crippen molar-refractivity contribution in [3.05, 3.63) is 29.6 Å². The maximum Gasteiger partial charge on any atom is 0.165 e. The van der Waals surface area contributed by atoms with Gasteiger partial charge in [-0.2, -0.15) is 0 Å². The molecule has 1 atom stereocenters. The van der Waals surface area contributed by atoms with Gasteiger partial charge in [-0.25, -0.2) is 4.39 Å². The van der Waals surface area contributed by atoms with Gasteiger partial charge in [0.15, 0.2) is 11.6 Å². The summed E-state index contributed by atoms with van der Waals surface area (Å²) in [5, 5.41) is 3.17. The van der Waals surface area contributed by atoms with Gasteiger partial charge in [-0.15, -0.1) is 11.6 Å². The normalized spacial score (nSPS) is 12.5. The van der Waals surface area contributed by atoms with Crippen molar-refractivity contribution in [1.29, 1.82) is 0 Å². The Morgan fingerprint density at radius 1 is 1.53 bits per heavy atom. The highest BCUT2D eigenvalue weighted by molar-refractivity contribution is 6.18. The minimum Gasteiger partial charge on any atom is -0.494 e. The Morgan fingerprint density at radius 3 is 2.80 bits per heavy atom. The maximum atomic E-state index is 13.3. The van der Waals surface area contributed by atoms with E-state index in [9.17, 15) is 4.39 Å². The van der Waals surface area contributed by atoms with E-state index >= 15 is 0 Å². The van der Waals surface area contributed by atoms with Gasteiger partial charge in [-0.3, -0.25) is 0 Å². The molecule has 84 valence electrons. The predicted molar refractivity (Wildman–Crippen MR) is 60.0 cm³/mol. The molecule has 15 heavy (non-hydrogen) atoms. The minimum atomic E-state index is -0.338. The number of rotatable bonds is 5. The number of nitrogens with one attached hydrogen (secondary N) is 1. The standard InChI is InChI=1S/C11H15ClFNO/c1-8(6-12)14-7-9-3-4-11(15-2)10(13)5-9/h3-5,8,14H,6-7H2,1-2H3. The molecule has 2 nitrogen and oxygen atoms in total. The fourth-order valence-corrected chi connectivity index (χ4v) is 1.28. The maximum absolute atomic E-state index is 13.3. The van der Waals surface area contributed by atoms with Crippen molar-refractivity contribution < 1.29 is 9.13 Å². The number of alkyl halides is 1. The summed E-state index contributed by atoms with van der Waals surface area (Å²) in [6.45, 7) is 2.59. The number of halogens is 2. The van der Waals surface area contributed by atoms with Crippen molar-refractivity contribution in [2.45, 2.75) is 19.5 Å². The molecular formula is C11H15ClFNO. The summed E-state index contributed by atoms with van der Waals surface area (Å²) >= 11 is 5.64. The zero-order valence-electron chi connectivity index (χ0n) is 8.89. The fraction of sp³-hybridized carbons (Fsp3) is 0.455. The van der Waals surface area contributed by atoms with Crippen LogP contribution in [0.25, 0.3) is 0 Å². The highest BCUT2D eigenvalue weighted by atomic mass is 35.5. The van der Waals surface area contributed by atoms with E-state index in [4.69, 9.17) is 16.3 Å². The summed E-state index contributed by atoms with van der Waals surface area (Å²) in [5.41, 5.74) is 0.880. The van der Waals surface area contributed by atoms with Crippen LogP contribution in [0.1, 0.15) is 12.5 Å². The Hall–Kier alpha value is -0.800. The first-order valence-corrected chi connectivity index (χ1v) is 5.32. The summed E-state index contributed by atoms with van der Waals surface area (Å²) in [6.07, 6.45) is 0. The molecule has 0 saturated carbocycles. The van der Waals surface area contributed by atoms with Gasteiger partial charge >= 0.3 is 0 Å². The minimum absolute atomic E-state index is 0.219. The van der Waals surface area contributed by atoms with Crippen LogP contribution in [0.2, 0.25) is 0 Å². The fourth-order valence-electron chi connectivity index (χ4n) is 1.17. The SMILES string of the molecule is COc1ccc(CNC(C)CCl)cc1F. The van der Waals surface area contributed by atoms with Gasteiger partial charge in [-0.1, -0.05) is 6.07 Å². The number of methoxy groups -OCH3 is 1. The lowest BCUT2D eigenvalue weighted by atomic mass is 10.2. The number of hydrogen-bond donors (Lipinski definition) is 1. The topological polar surface area (TPSA) is 21.3 Å². The second kappa shape index (κ2) is 5.93. The van der Waals surface area contributed by atoms with Crippen molar-refractivity contribution in [2.24, 2.45) is 0 Å². The Morgan fingerprint density at radius 2 is 2.27 bits per heavy atom. The van der Waals surface area contributed by atoms with E-state index in [-0.39, 0.29) is 17.6 Å². The van der Waals surface area contributed by atoms with E-state index in [1.165, 1.54) is 13.2 Å². The third-order valence-corrected chi connectivity index (χ3v) is 2.57. The van der Waals surface area contributed by atoms with Crippen LogP contribution in [0.5, 0.6) is 5.75 Å². The number of benzene rings is 1. The van der Waals surface area contributed by atoms with E-state index in [0.717, 1.165) is 5.56 Å². The molecule has 4 heteroatoms. The van der Waals surface area contributed by atoms with Crippen molar-refractivity contribution in [2.75, 3.05) is 13.0 Å². The summed E-state index contributed by atoms with van der Waals surface area (Å²) in [7, 11) is 1.45. The van der Waals surface area contributed by atoms with Crippen LogP contribution in [0.4, 0.5) is 4.39 Å². The first-order valence-electron chi connectivity index (χ1n) is 4.79. The quantitative estimate of drug-likeness (QED) is 0.787. The molecule has 0 bridgehead atoms. The molecule has 0 saturated heterocycles. The smallest absolute Gasteiger partial charge is 0.165 e. The van der Waals surface area contributed by atoms with Crippen LogP contribution in [-0.2, 0) is 6.54 Å². The van der Waals surface area contributed by atoms with Crippen LogP contribution < -0.4 is 10.1 Å². The predicted octanol–water partition coefficient (Wildman–Crippen LogP) is 2.55. The lowest BCUT2D eigenvalue weighted by Gasteiger charge is -2.10. The molecule has 0 amide bonds. The van der Waals surface area contributed by atoms with Crippen LogP contribution >= 0.6 is 11.6 Å². The number of ether oxygens (including phenoxy) is 1. The van der Waals surface area contributed by atoms with E-state index < -0.39 is 0 Å². The third-order valence-electron chi connectivity index (χ3n) is 2.10. The summed E-state index contributed by atoms with van der Waals surface area (Å²) < 4.78 is 18.1. The average Bonchev–Trinajstić information content (AvgIpc) is 2.26. The van der Waals surface area contributed by atoms with E-state index in [2.05, 4.69) is 5.32 Å². The van der Waals surface area contributed by atoms with Gasteiger partial charge in [0.25, 0.3) is 0 Å². The van der Waals surface area contributed by atoms with Crippen molar-refractivity contribution in [3.63, 3.8) is 0 Å². The Bertz CT molecular complexity index is 319. The van der Waals surface area contributed by atoms with Crippen LogP contribution in [0.3, 0.4) is 0 Å². The van der Waals surface area contributed by atoms with Crippen LogP contribution in [0.15, 0.2) is 18.2 Å². The van der Waals surface area contributed by atoms with Gasteiger partial charge < -0.3 is 10.1 Å². The van der Waals surface area contributed by atoms with E-state index in [1.807, 2.05) is 13.0 Å². The van der Waals surface area contributed by atoms with Crippen molar-refractivity contribution >= 4 is 11.6 Å². The zero-order valence-corrected chi connectivity index (χ0v) is 9.64. The molecule has 1 rings (SSSR count). The van der Waals surface area contributed by atoms with Gasteiger partial charge in [-0.05, 0) is 24.6 Å². The third kappa shape index (κ3) is 3.68. The Kier molecular flexibility index (Phi) is 4.85. The molecule has 0 aliphatic heterocycles. The highest BCUT2D eigenvalue weighted by Gasteiger charge is 2.04. The molecule has 0 spiro atoms. The monoisotopic (exact) mass is 231 g/mol. The van der Waals surface area contributed by atoms with Gasteiger partial charge in [0.2, 0.25) is 0 Å².